The van der Waals surface area contributed by atoms with Crippen LogP contribution in [0.1, 0.15) is 169 Å². The third-order valence-electron chi connectivity index (χ3n) is 17.8. The average molecular weight is 1300 g/mol. The first-order valence-corrected chi connectivity index (χ1v) is 33.0. The Hall–Kier alpha value is -8.27. The molecule has 4 aromatic carbocycles. The van der Waals surface area contributed by atoms with Gasteiger partial charge in [-0.25, -0.2) is 33.6 Å². The molecule has 0 aliphatic carbocycles. The van der Waals surface area contributed by atoms with Crippen molar-refractivity contribution >= 4 is 42.7 Å². The summed E-state index contributed by atoms with van der Waals surface area (Å²) in [7, 11) is 0. The molecular formula is C72H100N8O14. The first-order chi connectivity index (χ1) is 44.3. The van der Waals surface area contributed by atoms with Gasteiger partial charge in [0.25, 0.3) is 0 Å². The third kappa shape index (κ3) is 20.6. The second-order valence-electron chi connectivity index (χ2n) is 28.3. The van der Waals surface area contributed by atoms with Crippen LogP contribution in [0.4, 0.5) is 33.6 Å². The Balaban J connectivity index is 0.000000161. The average Bonchev–Trinajstić information content (AvgIpc) is 1.64. The zero-order valence-electron chi connectivity index (χ0n) is 55.3. The highest BCUT2D eigenvalue weighted by Crippen LogP contribution is 2.41. The number of nitrogens with zero attached hydrogens (tertiary/aromatic N) is 3. The van der Waals surface area contributed by atoms with Crippen LogP contribution in [0.3, 0.4) is 0 Å². The number of hydrogen-bond acceptors (Lipinski definition) is 15. The zero-order valence-corrected chi connectivity index (χ0v) is 55.3. The topological polar surface area (TPSA) is 254 Å². The van der Waals surface area contributed by atoms with Crippen molar-refractivity contribution in [2.45, 2.75) is 263 Å². The van der Waals surface area contributed by atoms with Crippen molar-refractivity contribution < 1.29 is 66.7 Å². The molecule has 512 valence electrons. The molecule has 22 heteroatoms. The fourth-order valence-corrected chi connectivity index (χ4v) is 13.9. The minimum absolute atomic E-state index is 0. The number of nitrogens with one attached hydrogen (secondary N) is 5. The smallest absolute Gasteiger partial charge is 0.410 e. The lowest BCUT2D eigenvalue weighted by molar-refractivity contribution is 0.0198. The number of amides is 7. The second-order valence-corrected chi connectivity index (χ2v) is 28.3. The van der Waals surface area contributed by atoms with Crippen LogP contribution in [0.15, 0.2) is 121 Å². The molecule has 8 saturated heterocycles. The molecule has 0 saturated carbocycles. The monoisotopic (exact) mass is 1300 g/mol. The zero-order chi connectivity index (χ0) is 66.5. The van der Waals surface area contributed by atoms with E-state index in [0.717, 1.165) is 92.9 Å². The Labute approximate surface area is 554 Å². The molecule has 7 amide bonds. The van der Waals surface area contributed by atoms with Crippen LogP contribution >= 0.6 is 0 Å². The predicted octanol–water partition coefficient (Wildman–Crippen LogP) is 12.8. The van der Waals surface area contributed by atoms with E-state index in [9.17, 15) is 33.6 Å². The number of benzene rings is 4. The molecule has 8 bridgehead atoms. The number of rotatable bonds is 12. The number of carbonyl (C=O) groups is 7. The maximum Gasteiger partial charge on any atom is 0.410 e. The van der Waals surface area contributed by atoms with E-state index >= 15 is 0 Å². The highest BCUT2D eigenvalue weighted by molar-refractivity contribution is 5.74. The van der Waals surface area contributed by atoms with Crippen LogP contribution in [0, 0.1) is 0 Å². The third-order valence-corrected chi connectivity index (χ3v) is 17.8. The quantitative estimate of drug-likeness (QED) is 0.0827. The molecule has 0 unspecified atom stereocenters. The van der Waals surface area contributed by atoms with Crippen molar-refractivity contribution in [3.8, 4) is 0 Å². The minimum atomic E-state index is -0.517. The van der Waals surface area contributed by atoms with Gasteiger partial charge in [-0.15, -0.1) is 0 Å². The molecule has 8 aliphatic heterocycles. The summed E-state index contributed by atoms with van der Waals surface area (Å²) in [6.07, 6.45) is 8.73. The summed E-state index contributed by atoms with van der Waals surface area (Å²) in [6.45, 7) is 17.8. The highest BCUT2D eigenvalue weighted by atomic mass is 16.6. The Bertz CT molecular complexity index is 2860. The van der Waals surface area contributed by atoms with Crippen molar-refractivity contribution in [3.63, 3.8) is 0 Å². The van der Waals surface area contributed by atoms with Crippen LogP contribution in [0.2, 0.25) is 0 Å². The molecule has 8 aliphatic rings. The van der Waals surface area contributed by atoms with Gasteiger partial charge in [-0.2, -0.15) is 0 Å². The normalized spacial score (nSPS) is 25.5. The lowest BCUT2D eigenvalue weighted by Crippen LogP contribution is -2.46. The lowest BCUT2D eigenvalue weighted by atomic mass is 9.96. The van der Waals surface area contributed by atoms with Gasteiger partial charge in [0.05, 0.1) is 36.3 Å². The number of hydrogen-bond donors (Lipinski definition) is 5. The Morgan fingerprint density at radius 2 is 0.638 bits per heavy atom. The molecule has 8 heterocycles. The molecule has 0 aromatic heterocycles. The fourth-order valence-electron chi connectivity index (χ4n) is 13.9. The molecule has 12 atom stereocenters. The summed E-state index contributed by atoms with van der Waals surface area (Å²) in [5, 5.41) is 15.2. The van der Waals surface area contributed by atoms with E-state index in [0.29, 0.717) is 18.7 Å². The van der Waals surface area contributed by atoms with E-state index in [1.165, 1.54) is 6.42 Å². The van der Waals surface area contributed by atoms with Gasteiger partial charge in [-0.05, 0) is 162 Å². The van der Waals surface area contributed by atoms with Crippen molar-refractivity contribution in [2.75, 3.05) is 0 Å². The number of ether oxygens (including phenoxy) is 7. The molecule has 0 spiro atoms. The van der Waals surface area contributed by atoms with E-state index in [1.54, 1.807) is 14.7 Å². The molecule has 8 fully saturated rings. The van der Waals surface area contributed by atoms with E-state index in [2.05, 4.69) is 26.6 Å². The highest BCUT2D eigenvalue weighted by Gasteiger charge is 2.53. The van der Waals surface area contributed by atoms with Crippen LogP contribution < -0.4 is 26.6 Å². The number of carbonyl (C=O) groups excluding carboxylic acids is 7. The molecule has 5 N–H and O–H groups in total. The predicted molar refractivity (Wildman–Crippen MR) is 354 cm³/mol. The van der Waals surface area contributed by atoms with Crippen molar-refractivity contribution in [3.05, 3.63) is 144 Å². The summed E-state index contributed by atoms with van der Waals surface area (Å²) in [5.41, 5.74) is 2.30. The molecular weight excluding hydrogens is 1200 g/mol. The van der Waals surface area contributed by atoms with Gasteiger partial charge >= 0.3 is 42.7 Å². The van der Waals surface area contributed by atoms with Gasteiger partial charge in [-0.3, -0.25) is 0 Å². The van der Waals surface area contributed by atoms with Gasteiger partial charge in [0.15, 0.2) is 0 Å². The summed E-state index contributed by atoms with van der Waals surface area (Å²) >= 11 is 0. The Kier molecular flexibility index (Phi) is 24.6. The van der Waals surface area contributed by atoms with Crippen LogP contribution in [-0.2, 0) is 59.6 Å². The summed E-state index contributed by atoms with van der Waals surface area (Å²) < 4.78 is 37.6. The van der Waals surface area contributed by atoms with Gasteiger partial charge in [-0.1, -0.05) is 129 Å². The molecule has 4 aromatic rings. The Morgan fingerprint density at radius 3 is 0.872 bits per heavy atom. The van der Waals surface area contributed by atoms with Crippen molar-refractivity contribution in [1.82, 2.24) is 41.3 Å². The molecule has 22 nitrogen and oxygen atoms in total. The minimum Gasteiger partial charge on any atom is -0.445 e. The van der Waals surface area contributed by atoms with Gasteiger partial charge in [0, 0.05) is 36.3 Å². The summed E-state index contributed by atoms with van der Waals surface area (Å²) in [5.74, 6) is 0. The van der Waals surface area contributed by atoms with Crippen molar-refractivity contribution in [2.24, 2.45) is 0 Å². The maximum atomic E-state index is 12.4. The van der Waals surface area contributed by atoms with Gasteiger partial charge in [0.2, 0.25) is 0 Å². The molecule has 12 rings (SSSR count). The largest absolute Gasteiger partial charge is 0.445 e. The fraction of sp³-hybridized carbons (Fsp3) is 0.569. The molecule has 94 heavy (non-hydrogen) atoms. The summed E-state index contributed by atoms with van der Waals surface area (Å²) in [6, 6.07) is 39.9. The van der Waals surface area contributed by atoms with E-state index < -0.39 is 35.1 Å². The molecule has 0 radical (unpaired) electrons. The number of alkyl carbamates (subject to hydrolysis) is 4. The lowest BCUT2D eigenvalue weighted by Gasteiger charge is -2.28. The van der Waals surface area contributed by atoms with E-state index in [1.807, 2.05) is 184 Å². The number of fused-ring (bicyclic) bond motifs is 8. The van der Waals surface area contributed by atoms with E-state index in [-0.39, 0.29) is 112 Å². The first-order valence-electron chi connectivity index (χ1n) is 33.0. The SMILES string of the molecule is C.CC(C)(C)OC(=O)N1[C@@H]2CC[C@H]1[C@H](NC(=O)OCc1ccccc1)C2.CC(C)(C)OC(=O)N1[C@H]2CC[C@@H]1[C@H](NC(=O)OCc1ccccc1)C2.CC(C)(C)OC(=O)N1[C@H]2CC[C@@H]1[C@H](NC(=O)OCc1ccccc1)C2.O=C(N[C@@H]1C[C@@H]2CC[C@H]1N2)OCc1ccccc1. The van der Waals surface area contributed by atoms with Crippen molar-refractivity contribution in [1.29, 1.82) is 0 Å². The van der Waals surface area contributed by atoms with Gasteiger partial charge < -0.3 is 74.4 Å². The maximum absolute atomic E-state index is 12.4. The van der Waals surface area contributed by atoms with Crippen LogP contribution in [0.25, 0.3) is 0 Å². The van der Waals surface area contributed by atoms with Crippen LogP contribution in [-0.4, -0.2) is 147 Å². The standard InChI is InChI=1S/3C19H26N2O4.C14H18N2O2.CH4/c3*1-19(2,3)25-18(23)21-14-9-10-16(21)15(11-14)20-17(22)24-12-13-7-5-4-6-8-13;17-14(18-9-10-4-2-1-3-5-10)16-13-8-11-6-7-12(13)15-11;/h3*4-8,14-16H,9-12H2,1-3H3,(H,20,22);1-5,11-13,15H,6-9H2,(H,16,17);1H4/t2*14-,15+,16+;14-,15-,16+;11-,12+,13+;/m0010./s1. The van der Waals surface area contributed by atoms with Crippen LogP contribution in [0.5, 0.6) is 0 Å². The Morgan fingerprint density at radius 1 is 0.372 bits per heavy atom. The first kappa shape index (κ1) is 71.6. The van der Waals surface area contributed by atoms with Gasteiger partial charge in [0.1, 0.15) is 43.2 Å². The second kappa shape index (κ2) is 32.2. The van der Waals surface area contributed by atoms with E-state index in [4.69, 9.17) is 33.2 Å². The summed E-state index contributed by atoms with van der Waals surface area (Å²) in [4.78, 5) is 90.6.